The summed E-state index contributed by atoms with van der Waals surface area (Å²) in [5, 5.41) is 9.63. The van der Waals surface area contributed by atoms with Gasteiger partial charge < -0.3 is 24.8 Å². The Morgan fingerprint density at radius 2 is 2.03 bits per heavy atom. The minimum atomic E-state index is -5.33. The molecule has 0 aliphatic carbocycles. The van der Waals surface area contributed by atoms with Crippen LogP contribution in [0, 0.1) is 0 Å². The van der Waals surface area contributed by atoms with Crippen LogP contribution in [0.3, 0.4) is 0 Å². The number of methoxy groups -OCH3 is 1. The molecule has 33 heavy (non-hydrogen) atoms. The molecule has 1 fully saturated rings. The summed E-state index contributed by atoms with van der Waals surface area (Å²) in [7, 11) is -4.42. The van der Waals surface area contributed by atoms with E-state index in [4.69, 9.17) is 16.4 Å². The van der Waals surface area contributed by atoms with Crippen LogP contribution >= 0.6 is 22.9 Å². The van der Waals surface area contributed by atoms with Crippen LogP contribution in [0.5, 0.6) is 0 Å². The molecule has 18 heteroatoms. The number of esters is 1. The molecule has 1 aliphatic rings. The van der Waals surface area contributed by atoms with Gasteiger partial charge >= 0.3 is 35.5 Å². The maximum atomic E-state index is 12.8. The van der Waals surface area contributed by atoms with E-state index in [0.29, 0.717) is 0 Å². The van der Waals surface area contributed by atoms with Gasteiger partial charge in [-0.1, -0.05) is 5.16 Å². The number of hydrogen-bond acceptors (Lipinski definition) is 12. The van der Waals surface area contributed by atoms with Crippen LogP contribution in [-0.2, 0) is 39.1 Å². The van der Waals surface area contributed by atoms with Crippen molar-refractivity contribution < 1.29 is 71.3 Å². The van der Waals surface area contributed by atoms with Gasteiger partial charge in [0.15, 0.2) is 27.2 Å². The van der Waals surface area contributed by atoms with Crippen LogP contribution in [0.4, 0.5) is 5.13 Å². The Hall–Kier alpha value is -1.82. The molecule has 0 spiro atoms. The van der Waals surface area contributed by atoms with Crippen molar-refractivity contribution in [2.24, 2.45) is 5.16 Å². The monoisotopic (exact) mass is 533 g/mol. The van der Waals surface area contributed by atoms with E-state index in [1.807, 2.05) is 0 Å². The Bertz CT molecular complexity index is 1060. The molecule has 14 nitrogen and oxygen atoms in total. The molecule has 1 aliphatic heterocycles. The molecule has 1 saturated heterocycles. The third-order valence-corrected chi connectivity index (χ3v) is 5.60. The molecule has 0 saturated carbocycles. The fourth-order valence-corrected chi connectivity index (χ4v) is 3.97. The van der Waals surface area contributed by atoms with E-state index in [9.17, 15) is 32.1 Å². The molecule has 2 atom stereocenters. The molecular weight excluding hydrogens is 517 g/mol. The minimum Gasteiger partial charge on any atom is -0.731 e. The van der Waals surface area contributed by atoms with Gasteiger partial charge in [-0.3, -0.25) is 14.4 Å². The van der Waals surface area contributed by atoms with Gasteiger partial charge in [-0.2, -0.15) is 0 Å². The fourth-order valence-electron chi connectivity index (χ4n) is 2.37. The van der Waals surface area contributed by atoms with Crippen molar-refractivity contribution in [3.05, 3.63) is 11.1 Å². The molecule has 0 unspecified atom stereocenters. The first-order valence-electron chi connectivity index (χ1n) is 8.64. The number of hydrogen-bond donors (Lipinski definition) is 2. The van der Waals surface area contributed by atoms with Gasteiger partial charge in [-0.25, -0.2) is 22.5 Å². The number of nitrogens with one attached hydrogen (secondary N) is 2. The second kappa shape index (κ2) is 12.0. The summed E-state index contributed by atoms with van der Waals surface area (Å²) in [6, 6.07) is -3.60. The van der Waals surface area contributed by atoms with Gasteiger partial charge in [-0.05, 0) is 13.8 Å². The molecule has 1 aromatic heterocycles. The number of carbonyl (C=O) groups is 4. The maximum Gasteiger partial charge on any atom is 1.00 e. The molecule has 176 valence electrons. The zero-order chi connectivity index (χ0) is 24.2. The third-order valence-electron chi connectivity index (χ3n) is 3.71. The summed E-state index contributed by atoms with van der Waals surface area (Å²) in [4.78, 5) is 57.3. The Morgan fingerprint density at radius 3 is 2.55 bits per heavy atom. The van der Waals surface area contributed by atoms with Crippen molar-refractivity contribution in [1.29, 1.82) is 0 Å². The predicted molar refractivity (Wildman–Crippen MR) is 108 cm³/mol. The van der Waals surface area contributed by atoms with Gasteiger partial charge in [0.25, 0.3) is 11.8 Å². The fraction of sp³-hybridized carbons (Fsp3) is 0.467. The molecule has 0 bridgehead atoms. The number of ether oxygens (including phenoxy) is 1. The van der Waals surface area contributed by atoms with E-state index >= 15 is 0 Å². The number of rotatable bonds is 9. The number of thiazole rings is 1. The topological polar surface area (TPSA) is 196 Å². The zero-order valence-corrected chi connectivity index (χ0v) is 22.1. The number of aromatic nitrogens is 1. The van der Waals surface area contributed by atoms with Gasteiger partial charge in [0, 0.05) is 5.38 Å². The zero-order valence-electron chi connectivity index (χ0n) is 17.7. The third kappa shape index (κ3) is 7.08. The molecule has 2 heterocycles. The number of nitrogens with zero attached hydrogens (tertiary/aromatic N) is 3. The number of halogens is 1. The first-order chi connectivity index (χ1) is 14.9. The van der Waals surface area contributed by atoms with E-state index in [1.165, 1.54) is 5.38 Å². The molecule has 0 radical (unpaired) electrons. The predicted octanol–water partition coefficient (Wildman–Crippen LogP) is -4.22. The van der Waals surface area contributed by atoms with E-state index < -0.39 is 57.9 Å². The van der Waals surface area contributed by atoms with Crippen LogP contribution < -0.4 is 40.2 Å². The molecule has 0 aromatic carbocycles. The van der Waals surface area contributed by atoms with E-state index in [-0.39, 0.29) is 50.6 Å². The normalized spacial score (nSPS) is 18.2. The van der Waals surface area contributed by atoms with Gasteiger partial charge in [0.2, 0.25) is 5.91 Å². The van der Waals surface area contributed by atoms with E-state index in [1.54, 1.807) is 13.8 Å². The summed E-state index contributed by atoms with van der Waals surface area (Å²) >= 11 is 6.35. The van der Waals surface area contributed by atoms with Crippen molar-refractivity contribution >= 4 is 67.8 Å². The van der Waals surface area contributed by atoms with Gasteiger partial charge in [-0.15, -0.1) is 22.9 Å². The maximum absolute atomic E-state index is 12.8. The summed E-state index contributed by atoms with van der Waals surface area (Å²) in [5.41, 5.74) is -0.506. The summed E-state index contributed by atoms with van der Waals surface area (Å²) < 4.78 is 38.0. The largest absolute Gasteiger partial charge is 1.00 e. The SMILES string of the molecule is COC(=O)[C@@H]1[C@H](NC(=O)C(=NOC(C)C)c2csc(NC(=O)CCl)n2)C(=O)N1S(=O)(=O)[O-].[Na+]. The van der Waals surface area contributed by atoms with Crippen molar-refractivity contribution in [2.75, 3.05) is 18.3 Å². The van der Waals surface area contributed by atoms with Crippen LogP contribution in [0.2, 0.25) is 0 Å². The van der Waals surface area contributed by atoms with Crippen molar-refractivity contribution in [3.63, 3.8) is 0 Å². The summed E-state index contributed by atoms with van der Waals surface area (Å²) in [5.74, 6) is -4.51. The number of alkyl halides is 1. The van der Waals surface area contributed by atoms with Crippen molar-refractivity contribution in [1.82, 2.24) is 14.6 Å². The Morgan fingerprint density at radius 1 is 1.39 bits per heavy atom. The average Bonchev–Trinajstić information content (AvgIpc) is 3.15. The molecular formula is C15H17ClN5NaO9S2. The van der Waals surface area contributed by atoms with Crippen LogP contribution in [-0.4, -0.2) is 82.8 Å². The number of anilines is 1. The minimum absolute atomic E-state index is 0. The quantitative estimate of drug-likeness (QED) is 0.0596. The summed E-state index contributed by atoms with van der Waals surface area (Å²) in [6.07, 6.45) is -0.457. The Balaban J connectivity index is 0.00000544. The first kappa shape index (κ1) is 29.2. The van der Waals surface area contributed by atoms with Gasteiger partial charge in [0.05, 0.1) is 7.11 Å². The number of oxime groups is 1. The summed E-state index contributed by atoms with van der Waals surface area (Å²) in [6.45, 7) is 3.23. The smallest absolute Gasteiger partial charge is 0.731 e. The average molecular weight is 534 g/mol. The van der Waals surface area contributed by atoms with E-state index in [2.05, 4.69) is 25.5 Å². The second-order valence-corrected chi connectivity index (χ2v) is 8.70. The number of amides is 3. The van der Waals surface area contributed by atoms with E-state index in [0.717, 1.165) is 18.4 Å². The molecule has 3 amide bonds. The molecule has 2 N–H and O–H groups in total. The molecule has 2 rings (SSSR count). The van der Waals surface area contributed by atoms with Gasteiger partial charge in [0.1, 0.15) is 23.7 Å². The van der Waals surface area contributed by atoms with Crippen molar-refractivity contribution in [3.8, 4) is 0 Å². The second-order valence-electron chi connectivity index (χ2n) is 6.32. The first-order valence-corrected chi connectivity index (χ1v) is 11.4. The Kier molecular flexibility index (Phi) is 10.7. The number of carbonyl (C=O) groups excluding carboxylic acids is 4. The van der Waals surface area contributed by atoms with Crippen molar-refractivity contribution in [2.45, 2.75) is 32.0 Å². The standard InChI is InChI=1S/C15H18ClN5O9S2.Na/c1-6(2)30-20-9(7-5-31-15(17-7)18-8(22)4-16)12(23)19-10-11(14(25)29-3)21(13(10)24)32(26,27)28;/h5-6,10-11H,4H2,1-3H3,(H,19,23)(H,17,18,22)(H,26,27,28);/q;+1/p-1/t10-,11-;/m0./s1. The van der Waals surface area contributed by atoms with Crippen LogP contribution in [0.15, 0.2) is 10.5 Å². The van der Waals surface area contributed by atoms with Crippen LogP contribution in [0.25, 0.3) is 0 Å². The van der Waals surface area contributed by atoms with Crippen LogP contribution in [0.1, 0.15) is 19.5 Å². The molecule has 1 aromatic rings. The number of β-lactam (4-membered cyclic amide) rings is 1. The Labute approximate surface area is 219 Å².